The van der Waals surface area contributed by atoms with Crippen LogP contribution in [0.3, 0.4) is 0 Å². The molecule has 1 aromatic heterocycles. The first kappa shape index (κ1) is 20.8. The van der Waals surface area contributed by atoms with Gasteiger partial charge in [-0.05, 0) is 31.4 Å². The van der Waals surface area contributed by atoms with E-state index in [2.05, 4.69) is 22.4 Å². The number of amides is 1. The van der Waals surface area contributed by atoms with Crippen LogP contribution in [0.4, 0.5) is 9.52 Å². The predicted octanol–water partition coefficient (Wildman–Crippen LogP) is 3.20. The topological polar surface area (TPSA) is 92.3 Å². The summed E-state index contributed by atoms with van der Waals surface area (Å²) in [6.45, 7) is 2.29. The Morgan fingerprint density at radius 1 is 1.32 bits per heavy atom. The highest BCUT2D eigenvalue weighted by Gasteiger charge is 2.40. The molecule has 7 nitrogen and oxygen atoms in total. The lowest BCUT2D eigenvalue weighted by molar-refractivity contribution is -0.119. The van der Waals surface area contributed by atoms with Crippen molar-refractivity contribution in [2.45, 2.75) is 56.4 Å². The molecule has 3 rings (SSSR count). The second-order valence-corrected chi connectivity index (χ2v) is 9.57. The minimum absolute atomic E-state index is 0.174. The number of sulfonamides is 1. The SMILES string of the molecule is CCCCCc1nnc(NC(=O)[C@@H]2CCCN2S(=O)(=O)c2ccccc2F)s1. The van der Waals surface area contributed by atoms with E-state index < -0.39 is 32.7 Å². The van der Waals surface area contributed by atoms with Gasteiger partial charge in [0.2, 0.25) is 21.1 Å². The molecule has 0 aliphatic carbocycles. The van der Waals surface area contributed by atoms with E-state index in [4.69, 9.17) is 0 Å². The van der Waals surface area contributed by atoms with Crippen molar-refractivity contribution < 1.29 is 17.6 Å². The number of hydrogen-bond acceptors (Lipinski definition) is 6. The molecule has 2 heterocycles. The van der Waals surface area contributed by atoms with E-state index >= 15 is 0 Å². The van der Waals surface area contributed by atoms with Crippen LogP contribution in [0, 0.1) is 5.82 Å². The van der Waals surface area contributed by atoms with Crippen LogP contribution < -0.4 is 5.32 Å². The molecule has 10 heteroatoms. The molecule has 0 bridgehead atoms. The number of aryl methyl sites for hydroxylation is 1. The van der Waals surface area contributed by atoms with Crippen LogP contribution >= 0.6 is 11.3 Å². The molecule has 1 atom stereocenters. The number of nitrogens with zero attached hydrogens (tertiary/aromatic N) is 3. The molecule has 1 fully saturated rings. The van der Waals surface area contributed by atoms with Crippen LogP contribution in [-0.4, -0.2) is 41.4 Å². The van der Waals surface area contributed by atoms with Crippen molar-refractivity contribution in [2.24, 2.45) is 0 Å². The second-order valence-electron chi connectivity index (χ2n) is 6.65. The predicted molar refractivity (Wildman–Crippen MR) is 105 cm³/mol. The van der Waals surface area contributed by atoms with Gasteiger partial charge in [-0.15, -0.1) is 10.2 Å². The average Bonchev–Trinajstić information content (AvgIpc) is 3.32. The van der Waals surface area contributed by atoms with Crippen LogP contribution in [0.25, 0.3) is 0 Å². The van der Waals surface area contributed by atoms with E-state index in [9.17, 15) is 17.6 Å². The Labute approximate surface area is 168 Å². The molecule has 1 N–H and O–H groups in total. The molecule has 1 saturated heterocycles. The Morgan fingerprint density at radius 2 is 2.11 bits per heavy atom. The molecule has 2 aromatic rings. The Hall–Kier alpha value is -1.91. The number of benzene rings is 1. The molecule has 28 heavy (non-hydrogen) atoms. The molecular formula is C18H23FN4O3S2. The van der Waals surface area contributed by atoms with Crippen LogP contribution in [0.15, 0.2) is 29.2 Å². The Bertz CT molecular complexity index is 932. The summed E-state index contributed by atoms with van der Waals surface area (Å²) in [5.74, 6) is -1.29. The summed E-state index contributed by atoms with van der Waals surface area (Å²) in [5.41, 5.74) is 0. The summed E-state index contributed by atoms with van der Waals surface area (Å²) in [6, 6.07) is 4.31. The first-order valence-electron chi connectivity index (χ1n) is 9.33. The minimum Gasteiger partial charge on any atom is -0.299 e. The standard InChI is InChI=1S/C18H23FN4O3S2/c1-2-3-4-11-16-21-22-18(27-16)20-17(24)14-9-7-12-23(14)28(25,26)15-10-6-5-8-13(15)19/h5-6,8,10,14H,2-4,7,9,11-12H2,1H3,(H,20,22,24)/t14-/m0/s1. The molecule has 0 radical (unpaired) electrons. The zero-order chi connectivity index (χ0) is 20.1. The fraction of sp³-hybridized carbons (Fsp3) is 0.500. The smallest absolute Gasteiger partial charge is 0.246 e. The summed E-state index contributed by atoms with van der Waals surface area (Å²) in [4.78, 5) is 12.3. The number of carbonyl (C=O) groups is 1. The third-order valence-corrected chi connectivity index (χ3v) is 7.46. The van der Waals surface area contributed by atoms with E-state index in [1.54, 1.807) is 0 Å². The van der Waals surface area contributed by atoms with E-state index in [0.29, 0.717) is 18.0 Å². The summed E-state index contributed by atoms with van der Waals surface area (Å²) in [7, 11) is -4.10. The molecular weight excluding hydrogens is 403 g/mol. The lowest BCUT2D eigenvalue weighted by Crippen LogP contribution is -2.43. The number of aromatic nitrogens is 2. The maximum absolute atomic E-state index is 14.0. The monoisotopic (exact) mass is 426 g/mol. The number of hydrogen-bond donors (Lipinski definition) is 1. The van der Waals surface area contributed by atoms with Gasteiger partial charge in [0, 0.05) is 13.0 Å². The van der Waals surface area contributed by atoms with Gasteiger partial charge in [-0.3, -0.25) is 10.1 Å². The largest absolute Gasteiger partial charge is 0.299 e. The van der Waals surface area contributed by atoms with Gasteiger partial charge in [0.05, 0.1) is 0 Å². The van der Waals surface area contributed by atoms with Gasteiger partial charge in [-0.2, -0.15) is 4.31 Å². The third kappa shape index (κ3) is 4.56. The number of rotatable bonds is 8. The van der Waals surface area contributed by atoms with Gasteiger partial charge in [0.15, 0.2) is 0 Å². The lowest BCUT2D eigenvalue weighted by atomic mass is 10.2. The molecule has 0 spiro atoms. The van der Waals surface area contributed by atoms with Gasteiger partial charge in [-0.25, -0.2) is 12.8 Å². The highest BCUT2D eigenvalue weighted by Crippen LogP contribution is 2.28. The van der Waals surface area contributed by atoms with Gasteiger partial charge in [0.1, 0.15) is 21.8 Å². The van der Waals surface area contributed by atoms with Crippen molar-refractivity contribution in [2.75, 3.05) is 11.9 Å². The van der Waals surface area contributed by atoms with Gasteiger partial charge in [0.25, 0.3) is 0 Å². The van der Waals surface area contributed by atoms with E-state index in [1.807, 2.05) is 0 Å². The summed E-state index contributed by atoms with van der Waals surface area (Å²) < 4.78 is 40.8. The van der Waals surface area contributed by atoms with Crippen molar-refractivity contribution >= 4 is 32.4 Å². The second kappa shape index (κ2) is 9.06. The van der Waals surface area contributed by atoms with E-state index in [0.717, 1.165) is 41.1 Å². The lowest BCUT2D eigenvalue weighted by Gasteiger charge is -2.23. The van der Waals surface area contributed by atoms with Crippen LogP contribution in [-0.2, 0) is 21.2 Å². The van der Waals surface area contributed by atoms with E-state index in [-0.39, 0.29) is 6.54 Å². The summed E-state index contributed by atoms with van der Waals surface area (Å²) in [5, 5.41) is 11.9. The van der Waals surface area contributed by atoms with Crippen molar-refractivity contribution in [3.8, 4) is 0 Å². The van der Waals surface area contributed by atoms with Crippen molar-refractivity contribution in [3.63, 3.8) is 0 Å². The maximum atomic E-state index is 14.0. The number of halogens is 1. The minimum atomic E-state index is -4.10. The Kier molecular flexibility index (Phi) is 6.73. The van der Waals surface area contributed by atoms with E-state index in [1.165, 1.54) is 29.5 Å². The highest BCUT2D eigenvalue weighted by molar-refractivity contribution is 7.89. The van der Waals surface area contributed by atoms with Crippen LogP contribution in [0.1, 0.15) is 44.0 Å². The van der Waals surface area contributed by atoms with Gasteiger partial charge < -0.3 is 0 Å². The van der Waals surface area contributed by atoms with Crippen molar-refractivity contribution in [1.82, 2.24) is 14.5 Å². The number of carbonyl (C=O) groups excluding carboxylic acids is 1. The molecule has 1 aliphatic heterocycles. The molecule has 0 unspecified atom stereocenters. The van der Waals surface area contributed by atoms with Crippen molar-refractivity contribution in [1.29, 1.82) is 0 Å². The Balaban J connectivity index is 1.71. The van der Waals surface area contributed by atoms with Crippen LogP contribution in [0.5, 0.6) is 0 Å². The zero-order valence-corrected chi connectivity index (χ0v) is 17.2. The summed E-state index contributed by atoms with van der Waals surface area (Å²) in [6.07, 6.45) is 4.93. The quantitative estimate of drug-likeness (QED) is 0.655. The molecule has 1 amide bonds. The Morgan fingerprint density at radius 3 is 2.86 bits per heavy atom. The number of nitrogens with one attached hydrogen (secondary N) is 1. The first-order chi connectivity index (χ1) is 13.4. The first-order valence-corrected chi connectivity index (χ1v) is 11.6. The number of anilines is 1. The fourth-order valence-electron chi connectivity index (χ4n) is 3.19. The normalized spacial score (nSPS) is 17.7. The maximum Gasteiger partial charge on any atom is 0.246 e. The summed E-state index contributed by atoms with van der Waals surface area (Å²) >= 11 is 1.30. The molecule has 1 aromatic carbocycles. The molecule has 1 aliphatic rings. The fourth-order valence-corrected chi connectivity index (χ4v) is 5.70. The van der Waals surface area contributed by atoms with Gasteiger partial charge in [-0.1, -0.05) is 43.2 Å². The average molecular weight is 427 g/mol. The molecule has 0 saturated carbocycles. The highest BCUT2D eigenvalue weighted by atomic mass is 32.2. The van der Waals surface area contributed by atoms with Crippen LogP contribution in [0.2, 0.25) is 0 Å². The zero-order valence-electron chi connectivity index (χ0n) is 15.6. The van der Waals surface area contributed by atoms with Crippen molar-refractivity contribution in [3.05, 3.63) is 35.1 Å². The number of unbranched alkanes of at least 4 members (excludes halogenated alkanes) is 2. The van der Waals surface area contributed by atoms with Gasteiger partial charge >= 0.3 is 0 Å². The third-order valence-electron chi connectivity index (χ3n) is 4.62. The molecule has 152 valence electrons.